The van der Waals surface area contributed by atoms with Crippen molar-refractivity contribution in [1.29, 1.82) is 0 Å². The number of rotatable bonds is 9. The molecule has 12 heteroatoms. The lowest BCUT2D eigenvalue weighted by atomic mass is 10.1. The van der Waals surface area contributed by atoms with Crippen LogP contribution in [0.5, 0.6) is 0 Å². The minimum atomic E-state index is -0.651. The van der Waals surface area contributed by atoms with E-state index in [1.165, 1.54) is 16.8 Å². The number of anilines is 1. The predicted molar refractivity (Wildman–Crippen MR) is 151 cm³/mol. The number of nitrogens with one attached hydrogen (secondary N) is 1. The van der Waals surface area contributed by atoms with Gasteiger partial charge < -0.3 is 14.6 Å². The number of amides is 1. The van der Waals surface area contributed by atoms with Crippen LogP contribution in [-0.2, 0) is 4.74 Å². The van der Waals surface area contributed by atoms with E-state index in [-0.39, 0.29) is 18.0 Å². The van der Waals surface area contributed by atoms with Crippen molar-refractivity contribution in [1.82, 2.24) is 34.7 Å². The lowest BCUT2D eigenvalue weighted by Gasteiger charge is -2.14. The highest BCUT2D eigenvalue weighted by molar-refractivity contribution is 6.04. The Morgan fingerprint density at radius 2 is 1.93 bits per heavy atom. The topological polar surface area (TPSA) is 130 Å². The molecule has 1 aliphatic rings. The molecule has 0 saturated heterocycles. The molecular formula is C30H27FN8O3. The predicted octanol–water partition coefficient (Wildman–Crippen LogP) is 4.92. The fourth-order valence-electron chi connectivity index (χ4n) is 4.57. The van der Waals surface area contributed by atoms with Crippen molar-refractivity contribution < 1.29 is 18.7 Å². The van der Waals surface area contributed by atoms with E-state index in [0.29, 0.717) is 34.3 Å². The van der Waals surface area contributed by atoms with Crippen LogP contribution in [0.4, 0.5) is 10.2 Å². The average molecular weight is 567 g/mol. The van der Waals surface area contributed by atoms with Gasteiger partial charge in [0.05, 0.1) is 34.9 Å². The number of hydrogen-bond acceptors (Lipinski definition) is 8. The summed E-state index contributed by atoms with van der Waals surface area (Å²) in [6.45, 7) is 3.61. The molecule has 5 aromatic rings. The Hall–Kier alpha value is -5.26. The first-order valence-electron chi connectivity index (χ1n) is 13.5. The molecule has 3 aromatic heterocycles. The Kier molecular flexibility index (Phi) is 7.26. The molecule has 0 unspecified atom stereocenters. The number of carbonyl (C=O) groups is 2. The van der Waals surface area contributed by atoms with E-state index >= 15 is 0 Å². The van der Waals surface area contributed by atoms with Crippen LogP contribution in [0.2, 0.25) is 0 Å². The first-order valence-corrected chi connectivity index (χ1v) is 13.5. The third-order valence-corrected chi connectivity index (χ3v) is 7.00. The molecule has 212 valence electrons. The van der Waals surface area contributed by atoms with Crippen molar-refractivity contribution >= 4 is 17.7 Å². The summed E-state index contributed by atoms with van der Waals surface area (Å²) in [5, 5.41) is 14.5. The SMILES string of the molecule is Cc1cc(F)c(C(=O)Nc2cccc(-c3nnnn3[C@H](C)COC(=O)c3ccccc3)n2)cc1-n1cnc(C2CC2)c1. The van der Waals surface area contributed by atoms with Crippen molar-refractivity contribution in [2.75, 3.05) is 11.9 Å². The summed E-state index contributed by atoms with van der Waals surface area (Å²) in [6.07, 6.45) is 5.85. The normalized spacial score (nSPS) is 13.5. The number of hydrogen-bond donors (Lipinski definition) is 1. The van der Waals surface area contributed by atoms with Crippen LogP contribution in [-0.4, -0.2) is 53.2 Å². The van der Waals surface area contributed by atoms with Crippen LogP contribution in [0.25, 0.3) is 17.2 Å². The highest BCUT2D eigenvalue weighted by Crippen LogP contribution is 2.39. The third kappa shape index (κ3) is 5.64. The summed E-state index contributed by atoms with van der Waals surface area (Å²) in [6, 6.07) is 16.1. The fourth-order valence-corrected chi connectivity index (χ4v) is 4.57. The van der Waals surface area contributed by atoms with Gasteiger partial charge in [-0.15, -0.1) is 5.10 Å². The van der Waals surface area contributed by atoms with E-state index in [2.05, 4.69) is 30.8 Å². The smallest absolute Gasteiger partial charge is 0.338 e. The number of aryl methyl sites for hydroxylation is 1. The molecule has 0 bridgehead atoms. The summed E-state index contributed by atoms with van der Waals surface area (Å²) in [5.41, 5.74) is 3.04. The second-order valence-corrected chi connectivity index (χ2v) is 10.2. The first kappa shape index (κ1) is 26.9. The maximum Gasteiger partial charge on any atom is 0.338 e. The van der Waals surface area contributed by atoms with Gasteiger partial charge in [-0.1, -0.05) is 24.3 Å². The van der Waals surface area contributed by atoms with Gasteiger partial charge in [0.15, 0.2) is 0 Å². The Labute approximate surface area is 240 Å². The zero-order valence-corrected chi connectivity index (χ0v) is 22.9. The van der Waals surface area contributed by atoms with Gasteiger partial charge in [0.25, 0.3) is 5.91 Å². The number of benzene rings is 2. The number of tetrazole rings is 1. The molecule has 1 atom stereocenters. The number of carbonyl (C=O) groups excluding carboxylic acids is 2. The van der Waals surface area contributed by atoms with Gasteiger partial charge in [-0.05, 0) is 79.1 Å². The highest BCUT2D eigenvalue weighted by atomic mass is 19.1. The van der Waals surface area contributed by atoms with Crippen LogP contribution in [0.3, 0.4) is 0 Å². The number of nitrogens with zero attached hydrogens (tertiary/aromatic N) is 7. The zero-order valence-electron chi connectivity index (χ0n) is 22.9. The van der Waals surface area contributed by atoms with Gasteiger partial charge in [-0.25, -0.2) is 23.8 Å². The van der Waals surface area contributed by atoms with Gasteiger partial charge in [-0.2, -0.15) is 0 Å². The lowest BCUT2D eigenvalue weighted by molar-refractivity contribution is 0.0449. The van der Waals surface area contributed by atoms with Crippen LogP contribution < -0.4 is 5.32 Å². The second-order valence-electron chi connectivity index (χ2n) is 10.2. The molecule has 1 N–H and O–H groups in total. The summed E-state index contributed by atoms with van der Waals surface area (Å²) < 4.78 is 23.7. The van der Waals surface area contributed by atoms with Crippen LogP contribution >= 0.6 is 0 Å². The van der Waals surface area contributed by atoms with E-state index in [4.69, 9.17) is 4.74 Å². The molecule has 0 spiro atoms. The molecule has 3 heterocycles. The van der Waals surface area contributed by atoms with Crippen molar-refractivity contribution in [2.24, 2.45) is 0 Å². The summed E-state index contributed by atoms with van der Waals surface area (Å²) in [7, 11) is 0. The maximum atomic E-state index is 15.0. The number of aromatic nitrogens is 7. The lowest BCUT2D eigenvalue weighted by Crippen LogP contribution is -2.18. The molecule has 1 aliphatic carbocycles. The Morgan fingerprint density at radius 1 is 1.12 bits per heavy atom. The first-order chi connectivity index (χ1) is 20.4. The van der Waals surface area contributed by atoms with Gasteiger partial charge in [-0.3, -0.25) is 4.79 Å². The molecule has 1 fully saturated rings. The van der Waals surface area contributed by atoms with E-state index < -0.39 is 23.7 Å². The number of imidazole rings is 1. The van der Waals surface area contributed by atoms with E-state index in [1.807, 2.05) is 16.8 Å². The average Bonchev–Trinajstić information content (AvgIpc) is 3.51. The van der Waals surface area contributed by atoms with Gasteiger partial charge in [0, 0.05) is 12.1 Å². The summed E-state index contributed by atoms with van der Waals surface area (Å²) in [4.78, 5) is 34.5. The van der Waals surface area contributed by atoms with E-state index in [0.717, 1.165) is 18.5 Å². The maximum absolute atomic E-state index is 15.0. The molecule has 0 radical (unpaired) electrons. The van der Waals surface area contributed by atoms with Crippen molar-refractivity contribution in [3.05, 3.63) is 101 Å². The molecular weight excluding hydrogens is 539 g/mol. The number of pyridine rings is 1. The van der Waals surface area contributed by atoms with E-state index in [9.17, 15) is 14.0 Å². The molecule has 6 rings (SSSR count). The largest absolute Gasteiger partial charge is 0.460 e. The quantitative estimate of drug-likeness (QED) is 0.249. The van der Waals surface area contributed by atoms with Crippen molar-refractivity contribution in [2.45, 2.75) is 38.6 Å². The van der Waals surface area contributed by atoms with Crippen LogP contribution in [0, 0.1) is 12.7 Å². The number of halogens is 1. The monoisotopic (exact) mass is 566 g/mol. The fraction of sp³-hybridized carbons (Fsp3) is 0.233. The van der Waals surface area contributed by atoms with Gasteiger partial charge >= 0.3 is 5.97 Å². The molecule has 2 aromatic carbocycles. The Bertz CT molecular complexity index is 1760. The van der Waals surface area contributed by atoms with Crippen LogP contribution in [0.1, 0.15) is 63.7 Å². The number of ether oxygens (including phenoxy) is 1. The Morgan fingerprint density at radius 3 is 2.71 bits per heavy atom. The van der Waals surface area contributed by atoms with Gasteiger partial charge in [0.2, 0.25) is 5.82 Å². The van der Waals surface area contributed by atoms with Crippen molar-refractivity contribution in [3.63, 3.8) is 0 Å². The van der Waals surface area contributed by atoms with Crippen molar-refractivity contribution in [3.8, 4) is 17.2 Å². The minimum absolute atomic E-state index is 0.0241. The van der Waals surface area contributed by atoms with E-state index in [1.54, 1.807) is 62.6 Å². The molecule has 1 saturated carbocycles. The highest BCUT2D eigenvalue weighted by Gasteiger charge is 2.26. The van der Waals surface area contributed by atoms with Gasteiger partial charge in [0.1, 0.15) is 23.9 Å². The molecule has 42 heavy (non-hydrogen) atoms. The Balaban J connectivity index is 1.18. The summed E-state index contributed by atoms with van der Waals surface area (Å²) >= 11 is 0. The number of esters is 1. The second kappa shape index (κ2) is 11.3. The third-order valence-electron chi connectivity index (χ3n) is 7.00. The summed E-state index contributed by atoms with van der Waals surface area (Å²) in [5.74, 6) is -0.777. The molecule has 11 nitrogen and oxygen atoms in total. The molecule has 1 amide bonds. The molecule has 0 aliphatic heterocycles. The van der Waals surface area contributed by atoms with Crippen LogP contribution in [0.15, 0.2) is 73.2 Å². The zero-order chi connectivity index (χ0) is 29.2. The minimum Gasteiger partial charge on any atom is -0.460 e. The standard InChI is InChI=1S/C30H27FN8O3/c1-18-13-23(31)22(14-26(18)38-15-25(32-17-38)20-11-12-20)29(40)34-27-10-6-9-24(33-27)28-35-36-37-39(28)19(2)16-42-30(41)21-7-4-3-5-8-21/h3-10,13-15,17,19-20H,11-12,16H2,1-2H3,(H,33,34,40)/t19-/m1/s1.